The molecule has 24 heavy (non-hydrogen) atoms. The molecule has 4 rings (SSSR count). The molecule has 0 unspecified atom stereocenters. The van der Waals surface area contributed by atoms with E-state index in [0.717, 1.165) is 16.7 Å². The lowest BCUT2D eigenvalue weighted by molar-refractivity contribution is 0.628. The summed E-state index contributed by atoms with van der Waals surface area (Å²) in [7, 11) is 0. The Kier molecular flexibility index (Phi) is 3.43. The third-order valence-corrected chi connectivity index (χ3v) is 3.95. The summed E-state index contributed by atoms with van der Waals surface area (Å²) in [5.74, 6) is 0.276. The molecule has 0 fully saturated rings. The van der Waals surface area contributed by atoms with Crippen LogP contribution < -0.4 is 5.56 Å². The Morgan fingerprint density at radius 3 is 2.04 bits per heavy atom. The zero-order chi connectivity index (χ0) is 16.5. The topological polar surface area (TPSA) is 45.8 Å². The van der Waals surface area contributed by atoms with Crippen LogP contribution in [0.3, 0.4) is 0 Å². The molecule has 3 aromatic carbocycles. The number of H-pyrrole nitrogens is 1. The van der Waals surface area contributed by atoms with Crippen molar-refractivity contribution in [2.45, 2.75) is 0 Å². The minimum Gasteiger partial charge on any atom is -0.306 e. The number of benzene rings is 3. The predicted molar refractivity (Wildman–Crippen MR) is 93.2 cm³/mol. The van der Waals surface area contributed by atoms with Crippen LogP contribution in [0.25, 0.3) is 33.4 Å². The van der Waals surface area contributed by atoms with Crippen LogP contribution >= 0.6 is 0 Å². The average Bonchev–Trinajstić information content (AvgIpc) is 2.62. The molecule has 0 atom stereocenters. The van der Waals surface area contributed by atoms with Crippen molar-refractivity contribution in [3.05, 3.63) is 89.0 Å². The molecule has 116 valence electrons. The van der Waals surface area contributed by atoms with E-state index >= 15 is 0 Å². The first-order valence-electron chi connectivity index (χ1n) is 7.56. The van der Waals surface area contributed by atoms with Gasteiger partial charge in [0.25, 0.3) is 5.56 Å². The van der Waals surface area contributed by atoms with Gasteiger partial charge < -0.3 is 4.98 Å². The van der Waals surface area contributed by atoms with Gasteiger partial charge in [-0.05, 0) is 35.4 Å². The third kappa shape index (κ3) is 2.58. The molecule has 0 aliphatic heterocycles. The van der Waals surface area contributed by atoms with Gasteiger partial charge in [0, 0.05) is 5.56 Å². The second kappa shape index (κ2) is 5.74. The van der Waals surface area contributed by atoms with E-state index in [2.05, 4.69) is 9.97 Å². The maximum Gasteiger partial charge on any atom is 0.259 e. The maximum atomic E-state index is 13.0. The summed E-state index contributed by atoms with van der Waals surface area (Å²) in [5.41, 5.74) is 3.24. The molecular formula is C20H13FN2O. The summed E-state index contributed by atoms with van der Waals surface area (Å²) < 4.78 is 13.0. The number of aromatic nitrogens is 2. The first-order chi connectivity index (χ1) is 11.7. The molecule has 0 radical (unpaired) electrons. The normalized spacial score (nSPS) is 10.9. The number of rotatable bonds is 2. The van der Waals surface area contributed by atoms with E-state index in [1.165, 1.54) is 12.1 Å². The quantitative estimate of drug-likeness (QED) is 0.596. The number of para-hydroxylation sites is 1. The van der Waals surface area contributed by atoms with Gasteiger partial charge in [0.2, 0.25) is 0 Å². The number of halogens is 1. The van der Waals surface area contributed by atoms with Crippen molar-refractivity contribution in [1.29, 1.82) is 0 Å². The SMILES string of the molecule is O=c1[nH]c(-c2ccc(-c3ccc(F)cc3)cc2)nc2ccccc12. The second-order valence-corrected chi connectivity index (χ2v) is 5.52. The van der Waals surface area contributed by atoms with E-state index < -0.39 is 0 Å². The van der Waals surface area contributed by atoms with Crippen molar-refractivity contribution in [2.24, 2.45) is 0 Å². The summed E-state index contributed by atoms with van der Waals surface area (Å²) in [5, 5.41) is 0.573. The van der Waals surface area contributed by atoms with Gasteiger partial charge in [-0.25, -0.2) is 9.37 Å². The number of nitrogens with zero attached hydrogens (tertiary/aromatic N) is 1. The van der Waals surface area contributed by atoms with Crippen LogP contribution in [0.5, 0.6) is 0 Å². The van der Waals surface area contributed by atoms with Crippen LogP contribution in [0, 0.1) is 5.82 Å². The zero-order valence-corrected chi connectivity index (χ0v) is 12.7. The van der Waals surface area contributed by atoms with Gasteiger partial charge in [0.1, 0.15) is 11.6 Å². The van der Waals surface area contributed by atoms with Crippen LogP contribution in [0.15, 0.2) is 77.6 Å². The fourth-order valence-corrected chi connectivity index (χ4v) is 2.69. The standard InChI is InChI=1S/C20H13FN2O/c21-16-11-9-14(10-12-16)13-5-7-15(8-6-13)19-22-18-4-2-1-3-17(18)20(24)23-19/h1-12H,(H,22,23,24). The van der Waals surface area contributed by atoms with E-state index in [1.54, 1.807) is 18.2 Å². The van der Waals surface area contributed by atoms with Gasteiger partial charge in [-0.2, -0.15) is 0 Å². The molecule has 3 nitrogen and oxygen atoms in total. The number of hydrogen-bond acceptors (Lipinski definition) is 2. The van der Waals surface area contributed by atoms with Gasteiger partial charge in [0.15, 0.2) is 0 Å². The first kappa shape index (κ1) is 14.3. The Morgan fingerprint density at radius 1 is 0.750 bits per heavy atom. The Labute approximate surface area is 137 Å². The molecule has 4 heteroatoms. The van der Waals surface area contributed by atoms with Crippen molar-refractivity contribution < 1.29 is 4.39 Å². The van der Waals surface area contributed by atoms with Gasteiger partial charge in [-0.15, -0.1) is 0 Å². The largest absolute Gasteiger partial charge is 0.306 e. The molecule has 0 saturated heterocycles. The van der Waals surface area contributed by atoms with Gasteiger partial charge in [0.05, 0.1) is 10.9 Å². The monoisotopic (exact) mass is 316 g/mol. The van der Waals surface area contributed by atoms with Gasteiger partial charge in [-0.1, -0.05) is 48.5 Å². The number of nitrogens with one attached hydrogen (secondary N) is 1. The summed E-state index contributed by atoms with van der Waals surface area (Å²) in [4.78, 5) is 19.5. The predicted octanol–water partition coefficient (Wildman–Crippen LogP) is 4.40. The van der Waals surface area contributed by atoms with E-state index in [1.807, 2.05) is 42.5 Å². The lowest BCUT2D eigenvalue weighted by Gasteiger charge is -2.05. The number of fused-ring (bicyclic) bond motifs is 1. The van der Waals surface area contributed by atoms with Crippen molar-refractivity contribution in [2.75, 3.05) is 0 Å². The van der Waals surface area contributed by atoms with E-state index in [-0.39, 0.29) is 11.4 Å². The van der Waals surface area contributed by atoms with E-state index in [9.17, 15) is 9.18 Å². The van der Waals surface area contributed by atoms with E-state index in [4.69, 9.17) is 0 Å². The molecule has 0 spiro atoms. The van der Waals surface area contributed by atoms with Crippen molar-refractivity contribution in [3.63, 3.8) is 0 Å². The van der Waals surface area contributed by atoms with Crippen LogP contribution in [-0.4, -0.2) is 9.97 Å². The Bertz CT molecular complexity index is 1070. The Balaban J connectivity index is 1.75. The highest BCUT2D eigenvalue weighted by atomic mass is 19.1. The number of aromatic amines is 1. The highest BCUT2D eigenvalue weighted by molar-refractivity contribution is 5.79. The first-order valence-corrected chi connectivity index (χ1v) is 7.56. The van der Waals surface area contributed by atoms with E-state index in [0.29, 0.717) is 16.7 Å². The minimum atomic E-state index is -0.256. The van der Waals surface area contributed by atoms with Crippen molar-refractivity contribution in [1.82, 2.24) is 9.97 Å². The molecule has 0 amide bonds. The summed E-state index contributed by atoms with van der Waals surface area (Å²) in [6.45, 7) is 0. The highest BCUT2D eigenvalue weighted by Crippen LogP contribution is 2.23. The Hall–Kier alpha value is -3.27. The molecule has 0 saturated carbocycles. The summed E-state index contributed by atoms with van der Waals surface area (Å²) in [6, 6.07) is 21.2. The summed E-state index contributed by atoms with van der Waals surface area (Å²) >= 11 is 0. The molecule has 1 aromatic heterocycles. The van der Waals surface area contributed by atoms with Crippen LogP contribution in [0.1, 0.15) is 0 Å². The third-order valence-electron chi connectivity index (χ3n) is 3.95. The van der Waals surface area contributed by atoms with Crippen LogP contribution in [0.4, 0.5) is 4.39 Å². The lowest BCUT2D eigenvalue weighted by atomic mass is 10.0. The molecule has 1 heterocycles. The van der Waals surface area contributed by atoms with Crippen molar-refractivity contribution in [3.8, 4) is 22.5 Å². The maximum absolute atomic E-state index is 13.0. The molecule has 4 aromatic rings. The zero-order valence-electron chi connectivity index (χ0n) is 12.7. The fraction of sp³-hybridized carbons (Fsp3) is 0. The fourth-order valence-electron chi connectivity index (χ4n) is 2.69. The molecule has 0 aliphatic rings. The van der Waals surface area contributed by atoms with Crippen LogP contribution in [0.2, 0.25) is 0 Å². The van der Waals surface area contributed by atoms with Crippen molar-refractivity contribution >= 4 is 10.9 Å². The Morgan fingerprint density at radius 2 is 1.33 bits per heavy atom. The minimum absolute atomic E-state index is 0.154. The average molecular weight is 316 g/mol. The number of hydrogen-bond donors (Lipinski definition) is 1. The molecule has 1 N–H and O–H groups in total. The highest BCUT2D eigenvalue weighted by Gasteiger charge is 2.06. The van der Waals surface area contributed by atoms with Crippen LogP contribution in [-0.2, 0) is 0 Å². The molecule has 0 bridgehead atoms. The lowest BCUT2D eigenvalue weighted by Crippen LogP contribution is -2.09. The molecular weight excluding hydrogens is 303 g/mol. The second-order valence-electron chi connectivity index (χ2n) is 5.52. The molecule has 0 aliphatic carbocycles. The van der Waals surface area contributed by atoms with Gasteiger partial charge >= 0.3 is 0 Å². The van der Waals surface area contributed by atoms with Gasteiger partial charge in [-0.3, -0.25) is 4.79 Å². The smallest absolute Gasteiger partial charge is 0.259 e. The summed E-state index contributed by atoms with van der Waals surface area (Å²) in [6.07, 6.45) is 0.